The van der Waals surface area contributed by atoms with Crippen LogP contribution in [0.1, 0.15) is 27.5 Å². The summed E-state index contributed by atoms with van der Waals surface area (Å²) < 4.78 is 33.2. The Balaban J connectivity index is 2.14. The summed E-state index contributed by atoms with van der Waals surface area (Å²) in [7, 11) is -3.09. The molecule has 0 aliphatic rings. The molecule has 0 spiro atoms. The minimum Gasteiger partial charge on any atom is -0.465 e. The lowest BCUT2D eigenvalue weighted by molar-refractivity contribution is -0.122. The lowest BCUT2D eigenvalue weighted by Crippen LogP contribution is -2.41. The van der Waals surface area contributed by atoms with Crippen LogP contribution in [0.4, 0.5) is 0 Å². The number of ether oxygens (including phenoxy) is 1. The van der Waals surface area contributed by atoms with Crippen molar-refractivity contribution in [2.45, 2.75) is 17.5 Å². The first kappa shape index (κ1) is 24.7. The smallest absolute Gasteiger partial charge is 0.337 e. The zero-order valence-corrected chi connectivity index (χ0v) is 19.8. The summed E-state index contributed by atoms with van der Waals surface area (Å²) in [5.74, 6) is -1.40. The normalized spacial score (nSPS) is 12.4. The number of methoxy groups -OCH3 is 1. The highest BCUT2D eigenvalue weighted by atomic mass is 35.5. The molecule has 2 N–H and O–H groups in total. The fourth-order valence-electron chi connectivity index (χ4n) is 3.28. The monoisotopic (exact) mass is 506 g/mol. The third-order valence-corrected chi connectivity index (χ3v) is 7.67. The van der Waals surface area contributed by atoms with Gasteiger partial charge in [0.1, 0.15) is 10.9 Å². The standard InChI is InChI=1S/C23H20Cl2N2O5S/c1-32-23(29)17-12-10-15(11-13-17)14-27(21(22(26)28)16-6-3-2-4-7-16)33(30,31)19-9-5-8-18(24)20(19)25/h2-13,21H,14H2,1H3,(H2,26,28)/t21-/m1/s1. The molecule has 10 heteroatoms. The highest BCUT2D eigenvalue weighted by Gasteiger charge is 2.37. The van der Waals surface area contributed by atoms with Crippen LogP contribution >= 0.6 is 23.2 Å². The van der Waals surface area contributed by atoms with Crippen LogP contribution in [-0.2, 0) is 26.1 Å². The molecule has 0 aliphatic carbocycles. The van der Waals surface area contributed by atoms with Crippen LogP contribution in [0, 0.1) is 0 Å². The first-order valence-electron chi connectivity index (χ1n) is 9.64. The Morgan fingerprint density at radius 1 is 0.970 bits per heavy atom. The van der Waals surface area contributed by atoms with Crippen molar-refractivity contribution < 1.29 is 22.7 Å². The molecule has 172 valence electrons. The molecule has 0 fully saturated rings. The topological polar surface area (TPSA) is 107 Å². The van der Waals surface area contributed by atoms with Crippen molar-refractivity contribution in [3.63, 3.8) is 0 Å². The maximum atomic E-state index is 13.8. The molecular formula is C23H20Cl2N2O5S. The van der Waals surface area contributed by atoms with Crippen molar-refractivity contribution in [3.05, 3.63) is 99.5 Å². The Kier molecular flexibility index (Phi) is 7.76. The van der Waals surface area contributed by atoms with E-state index in [1.165, 1.54) is 37.4 Å². The number of nitrogens with zero attached hydrogens (tertiary/aromatic N) is 1. The van der Waals surface area contributed by atoms with Gasteiger partial charge in [-0.3, -0.25) is 4.79 Å². The maximum Gasteiger partial charge on any atom is 0.337 e. The molecule has 3 rings (SSSR count). The van der Waals surface area contributed by atoms with Crippen molar-refractivity contribution in [2.24, 2.45) is 5.73 Å². The Hall–Kier alpha value is -2.91. The van der Waals surface area contributed by atoms with Gasteiger partial charge in [-0.25, -0.2) is 13.2 Å². The molecule has 3 aromatic carbocycles. The molecule has 0 aromatic heterocycles. The second-order valence-corrected chi connectivity index (χ2v) is 9.65. The van der Waals surface area contributed by atoms with E-state index < -0.39 is 27.9 Å². The Labute approximate surface area is 201 Å². The van der Waals surface area contributed by atoms with Crippen molar-refractivity contribution in [1.82, 2.24) is 4.31 Å². The van der Waals surface area contributed by atoms with Gasteiger partial charge < -0.3 is 10.5 Å². The summed E-state index contributed by atoms with van der Waals surface area (Å²) >= 11 is 12.3. The Morgan fingerprint density at radius 2 is 1.61 bits per heavy atom. The highest BCUT2D eigenvalue weighted by Crippen LogP contribution is 2.35. The molecule has 1 atom stereocenters. The zero-order chi connectivity index (χ0) is 24.2. The molecule has 0 aliphatic heterocycles. The molecule has 0 heterocycles. The van der Waals surface area contributed by atoms with E-state index in [1.807, 2.05) is 0 Å². The molecule has 7 nitrogen and oxygen atoms in total. The van der Waals surface area contributed by atoms with Gasteiger partial charge in [0.25, 0.3) is 0 Å². The largest absolute Gasteiger partial charge is 0.465 e. The third kappa shape index (κ3) is 5.36. The highest BCUT2D eigenvalue weighted by molar-refractivity contribution is 7.89. The van der Waals surface area contributed by atoms with E-state index in [0.29, 0.717) is 16.7 Å². The summed E-state index contributed by atoms with van der Waals surface area (Å²) in [6.45, 7) is -0.227. The summed E-state index contributed by atoms with van der Waals surface area (Å²) in [6.07, 6.45) is 0. The molecule has 0 unspecified atom stereocenters. The Morgan fingerprint density at radius 3 is 2.18 bits per heavy atom. The third-order valence-electron chi connectivity index (χ3n) is 4.89. The minimum absolute atomic E-state index is 0.0514. The first-order chi connectivity index (χ1) is 15.7. The maximum absolute atomic E-state index is 13.8. The van der Waals surface area contributed by atoms with Gasteiger partial charge >= 0.3 is 5.97 Å². The van der Waals surface area contributed by atoms with Crippen molar-refractivity contribution in [2.75, 3.05) is 7.11 Å². The van der Waals surface area contributed by atoms with Crippen LogP contribution in [0.3, 0.4) is 0 Å². The van der Waals surface area contributed by atoms with Crippen LogP contribution in [0.2, 0.25) is 10.0 Å². The van der Waals surface area contributed by atoms with Gasteiger partial charge in [0, 0.05) is 6.54 Å². The summed E-state index contributed by atoms with van der Waals surface area (Å²) in [4.78, 5) is 24.0. The summed E-state index contributed by atoms with van der Waals surface area (Å²) in [5.41, 5.74) is 6.87. The lowest BCUT2D eigenvalue weighted by Gasteiger charge is -2.29. The van der Waals surface area contributed by atoms with E-state index in [4.69, 9.17) is 28.9 Å². The van der Waals surface area contributed by atoms with E-state index in [1.54, 1.807) is 42.5 Å². The number of esters is 1. The van der Waals surface area contributed by atoms with E-state index in [2.05, 4.69) is 4.74 Å². The molecule has 33 heavy (non-hydrogen) atoms. The fourth-order valence-corrected chi connectivity index (χ4v) is 5.59. The molecule has 0 saturated heterocycles. The molecule has 3 aromatic rings. The van der Waals surface area contributed by atoms with Crippen LogP contribution in [-0.4, -0.2) is 31.7 Å². The van der Waals surface area contributed by atoms with Gasteiger partial charge in [-0.15, -0.1) is 0 Å². The van der Waals surface area contributed by atoms with E-state index >= 15 is 0 Å². The first-order valence-corrected chi connectivity index (χ1v) is 11.8. The number of carbonyl (C=O) groups excluding carboxylic acids is 2. The summed E-state index contributed by atoms with van der Waals surface area (Å²) in [5, 5.41) is -0.114. The second-order valence-electron chi connectivity index (χ2n) is 7.01. The fraction of sp³-hybridized carbons (Fsp3) is 0.130. The van der Waals surface area contributed by atoms with Gasteiger partial charge in [0.2, 0.25) is 15.9 Å². The van der Waals surface area contributed by atoms with Gasteiger partial charge in [-0.05, 0) is 35.4 Å². The number of hydrogen-bond acceptors (Lipinski definition) is 5. The predicted octanol–water partition coefficient (Wildman–Crippen LogP) is 4.20. The van der Waals surface area contributed by atoms with Gasteiger partial charge in [0.05, 0.1) is 22.7 Å². The number of rotatable bonds is 8. The minimum atomic E-state index is -4.35. The predicted molar refractivity (Wildman–Crippen MR) is 125 cm³/mol. The number of hydrogen-bond donors (Lipinski definition) is 1. The van der Waals surface area contributed by atoms with Gasteiger partial charge in [0.15, 0.2) is 0 Å². The van der Waals surface area contributed by atoms with Gasteiger partial charge in [-0.2, -0.15) is 4.31 Å². The van der Waals surface area contributed by atoms with Crippen molar-refractivity contribution in [3.8, 4) is 0 Å². The number of amides is 1. The average Bonchev–Trinajstić information content (AvgIpc) is 2.80. The molecular weight excluding hydrogens is 487 g/mol. The van der Waals surface area contributed by atoms with E-state index in [0.717, 1.165) is 4.31 Å². The number of nitrogens with two attached hydrogens (primary N) is 1. The number of sulfonamides is 1. The zero-order valence-electron chi connectivity index (χ0n) is 17.4. The number of primary amides is 1. The van der Waals surface area contributed by atoms with Crippen LogP contribution in [0.15, 0.2) is 77.7 Å². The van der Waals surface area contributed by atoms with Crippen molar-refractivity contribution >= 4 is 45.1 Å². The number of benzene rings is 3. The number of halogens is 2. The lowest BCUT2D eigenvalue weighted by atomic mass is 10.1. The van der Waals surface area contributed by atoms with E-state index in [9.17, 15) is 18.0 Å². The second kappa shape index (κ2) is 10.4. The van der Waals surface area contributed by atoms with Crippen LogP contribution in [0.25, 0.3) is 0 Å². The molecule has 1 amide bonds. The number of carbonyl (C=O) groups is 2. The molecule has 0 saturated carbocycles. The van der Waals surface area contributed by atoms with E-state index in [-0.39, 0.29) is 21.5 Å². The van der Waals surface area contributed by atoms with Crippen LogP contribution < -0.4 is 5.73 Å². The molecule has 0 radical (unpaired) electrons. The summed E-state index contributed by atoms with van der Waals surface area (Å²) in [6, 6.07) is 17.3. The average molecular weight is 507 g/mol. The van der Waals surface area contributed by atoms with Gasteiger partial charge in [-0.1, -0.05) is 71.7 Å². The quantitative estimate of drug-likeness (QED) is 0.460. The van der Waals surface area contributed by atoms with Crippen molar-refractivity contribution in [1.29, 1.82) is 0 Å². The Bertz CT molecular complexity index is 1270. The molecule has 0 bridgehead atoms. The van der Waals surface area contributed by atoms with Crippen LogP contribution in [0.5, 0.6) is 0 Å². The SMILES string of the molecule is COC(=O)c1ccc(CN([C@@H](C(N)=O)c2ccccc2)S(=O)(=O)c2cccc(Cl)c2Cl)cc1.